The Hall–Kier alpha value is 0.130. The molecular formula is C7H6Br2O2S. The molecule has 1 rings (SSSR count). The lowest BCUT2D eigenvalue weighted by molar-refractivity contribution is -0.139. The summed E-state index contributed by atoms with van der Waals surface area (Å²) in [6.07, 6.45) is 0.319. The Labute approximate surface area is 91.2 Å². The third kappa shape index (κ3) is 2.57. The van der Waals surface area contributed by atoms with Gasteiger partial charge in [0, 0.05) is 0 Å². The largest absolute Gasteiger partial charge is 0.469 e. The number of ether oxygens (including phenoxy) is 1. The number of halogens is 2. The van der Waals surface area contributed by atoms with Crippen LogP contribution in [-0.4, -0.2) is 13.1 Å². The van der Waals surface area contributed by atoms with Crippen LogP contribution in [0.25, 0.3) is 0 Å². The summed E-state index contributed by atoms with van der Waals surface area (Å²) < 4.78 is 6.53. The third-order valence-electron chi connectivity index (χ3n) is 1.29. The third-order valence-corrected chi connectivity index (χ3v) is 3.75. The van der Waals surface area contributed by atoms with Crippen LogP contribution in [0.1, 0.15) is 5.56 Å². The molecule has 0 aliphatic carbocycles. The van der Waals surface area contributed by atoms with Crippen LogP contribution in [0.5, 0.6) is 0 Å². The summed E-state index contributed by atoms with van der Waals surface area (Å²) in [5, 5.41) is 0. The van der Waals surface area contributed by atoms with Crippen molar-refractivity contribution in [1.82, 2.24) is 0 Å². The minimum Gasteiger partial charge on any atom is -0.469 e. The van der Waals surface area contributed by atoms with Gasteiger partial charge in [-0.15, -0.1) is 11.3 Å². The zero-order valence-electron chi connectivity index (χ0n) is 6.27. The summed E-state index contributed by atoms with van der Waals surface area (Å²) in [7, 11) is 1.39. The molecule has 0 spiro atoms. The zero-order valence-corrected chi connectivity index (χ0v) is 10.3. The van der Waals surface area contributed by atoms with E-state index in [-0.39, 0.29) is 5.97 Å². The molecule has 0 N–H and O–H groups in total. The van der Waals surface area contributed by atoms with Gasteiger partial charge in [0.1, 0.15) is 0 Å². The first kappa shape index (κ1) is 10.2. The van der Waals surface area contributed by atoms with E-state index in [0.717, 1.165) is 13.1 Å². The highest BCUT2D eigenvalue weighted by Gasteiger charge is 2.09. The van der Waals surface area contributed by atoms with E-state index in [1.54, 1.807) is 11.3 Å². The molecule has 66 valence electrons. The van der Waals surface area contributed by atoms with E-state index in [4.69, 9.17) is 0 Å². The average Bonchev–Trinajstić information content (AvgIpc) is 2.30. The van der Waals surface area contributed by atoms with Gasteiger partial charge in [-0.25, -0.2) is 0 Å². The average molecular weight is 314 g/mol. The Bertz CT molecular complexity index is 296. The summed E-state index contributed by atoms with van der Waals surface area (Å²) in [4.78, 5) is 10.9. The maximum atomic E-state index is 10.9. The first-order valence-corrected chi connectivity index (χ1v) is 5.54. The van der Waals surface area contributed by atoms with Crippen molar-refractivity contribution in [3.8, 4) is 0 Å². The summed E-state index contributed by atoms with van der Waals surface area (Å²) in [6.45, 7) is 0. The predicted octanol–water partition coefficient (Wildman–Crippen LogP) is 2.99. The lowest BCUT2D eigenvalue weighted by Gasteiger charge is -1.95. The monoisotopic (exact) mass is 312 g/mol. The molecule has 1 aromatic rings. The predicted molar refractivity (Wildman–Crippen MR) is 55.4 cm³/mol. The van der Waals surface area contributed by atoms with Gasteiger partial charge in [-0.05, 0) is 43.5 Å². The number of methoxy groups -OCH3 is 1. The maximum absolute atomic E-state index is 10.9. The van der Waals surface area contributed by atoms with Gasteiger partial charge in [-0.3, -0.25) is 4.79 Å². The molecule has 0 saturated carbocycles. The highest BCUT2D eigenvalue weighted by molar-refractivity contribution is 9.12. The van der Waals surface area contributed by atoms with Crippen LogP contribution < -0.4 is 0 Å². The molecule has 1 heterocycles. The van der Waals surface area contributed by atoms with Gasteiger partial charge in [-0.2, -0.15) is 0 Å². The Morgan fingerprint density at radius 3 is 2.75 bits per heavy atom. The first-order valence-electron chi connectivity index (χ1n) is 3.14. The number of carbonyl (C=O) groups is 1. The number of esters is 1. The van der Waals surface area contributed by atoms with Crippen molar-refractivity contribution >= 4 is 49.2 Å². The number of carbonyl (C=O) groups excluding carboxylic acids is 1. The van der Waals surface area contributed by atoms with E-state index in [1.807, 2.05) is 6.07 Å². The fourth-order valence-electron chi connectivity index (χ4n) is 0.723. The Morgan fingerprint density at radius 2 is 2.33 bits per heavy atom. The first-order chi connectivity index (χ1) is 5.63. The maximum Gasteiger partial charge on any atom is 0.310 e. The summed E-state index contributed by atoms with van der Waals surface area (Å²) in [5.41, 5.74) is 0.957. The van der Waals surface area contributed by atoms with Crippen molar-refractivity contribution in [3.05, 3.63) is 19.2 Å². The SMILES string of the molecule is COC(=O)Cc1cc(Br)sc1Br. The van der Waals surface area contributed by atoms with Gasteiger partial charge in [0.05, 0.1) is 21.1 Å². The topological polar surface area (TPSA) is 26.3 Å². The molecule has 0 aliphatic rings. The molecule has 0 atom stereocenters. The molecule has 0 aliphatic heterocycles. The van der Waals surface area contributed by atoms with Crippen LogP contribution in [0, 0.1) is 0 Å². The molecule has 5 heteroatoms. The fraction of sp³-hybridized carbons (Fsp3) is 0.286. The Balaban J connectivity index is 2.75. The molecule has 2 nitrogen and oxygen atoms in total. The summed E-state index contributed by atoms with van der Waals surface area (Å²) in [6, 6.07) is 1.91. The van der Waals surface area contributed by atoms with E-state index in [9.17, 15) is 4.79 Å². The van der Waals surface area contributed by atoms with Crippen LogP contribution in [0.15, 0.2) is 13.6 Å². The van der Waals surface area contributed by atoms with E-state index < -0.39 is 0 Å². The van der Waals surface area contributed by atoms with E-state index >= 15 is 0 Å². The van der Waals surface area contributed by atoms with Gasteiger partial charge in [0.15, 0.2) is 0 Å². The van der Waals surface area contributed by atoms with Crippen LogP contribution in [-0.2, 0) is 16.0 Å². The second-order valence-electron chi connectivity index (χ2n) is 2.10. The molecule has 0 amide bonds. The molecule has 0 radical (unpaired) electrons. The van der Waals surface area contributed by atoms with Crippen LogP contribution in [0.2, 0.25) is 0 Å². The highest BCUT2D eigenvalue weighted by Crippen LogP contribution is 2.32. The van der Waals surface area contributed by atoms with Crippen molar-refractivity contribution in [1.29, 1.82) is 0 Å². The van der Waals surface area contributed by atoms with Crippen molar-refractivity contribution in [2.45, 2.75) is 6.42 Å². The van der Waals surface area contributed by atoms with Gasteiger partial charge in [0.2, 0.25) is 0 Å². The van der Waals surface area contributed by atoms with E-state index in [1.165, 1.54) is 7.11 Å². The quantitative estimate of drug-likeness (QED) is 0.785. The molecule has 1 aromatic heterocycles. The molecule has 12 heavy (non-hydrogen) atoms. The number of hydrogen-bond acceptors (Lipinski definition) is 3. The van der Waals surface area contributed by atoms with E-state index in [2.05, 4.69) is 36.6 Å². The highest BCUT2D eigenvalue weighted by atomic mass is 79.9. The van der Waals surface area contributed by atoms with Gasteiger partial charge in [0.25, 0.3) is 0 Å². The molecule has 0 unspecified atom stereocenters. The fourth-order valence-corrected chi connectivity index (χ4v) is 3.55. The van der Waals surface area contributed by atoms with Crippen molar-refractivity contribution in [2.75, 3.05) is 7.11 Å². The molecular weight excluding hydrogens is 308 g/mol. The summed E-state index contributed by atoms with van der Waals surface area (Å²) in [5.74, 6) is -0.221. The van der Waals surface area contributed by atoms with Crippen molar-refractivity contribution in [3.63, 3.8) is 0 Å². The normalized spacial score (nSPS) is 9.92. The van der Waals surface area contributed by atoms with Gasteiger partial charge >= 0.3 is 5.97 Å². The minimum absolute atomic E-state index is 0.221. The summed E-state index contributed by atoms with van der Waals surface area (Å²) >= 11 is 8.23. The lowest BCUT2D eigenvalue weighted by Crippen LogP contribution is -2.03. The van der Waals surface area contributed by atoms with Crippen molar-refractivity contribution in [2.24, 2.45) is 0 Å². The zero-order chi connectivity index (χ0) is 9.14. The number of rotatable bonds is 2. The Morgan fingerprint density at radius 1 is 1.67 bits per heavy atom. The van der Waals surface area contributed by atoms with Gasteiger partial charge < -0.3 is 4.74 Å². The van der Waals surface area contributed by atoms with Crippen LogP contribution >= 0.6 is 43.2 Å². The molecule has 0 aromatic carbocycles. The van der Waals surface area contributed by atoms with E-state index in [0.29, 0.717) is 6.42 Å². The van der Waals surface area contributed by atoms with Crippen LogP contribution in [0.4, 0.5) is 0 Å². The van der Waals surface area contributed by atoms with Crippen LogP contribution in [0.3, 0.4) is 0 Å². The molecule has 0 saturated heterocycles. The minimum atomic E-state index is -0.221. The second kappa shape index (κ2) is 4.39. The lowest BCUT2D eigenvalue weighted by atomic mass is 10.2. The van der Waals surface area contributed by atoms with Gasteiger partial charge in [-0.1, -0.05) is 0 Å². The van der Waals surface area contributed by atoms with Crippen molar-refractivity contribution < 1.29 is 9.53 Å². The number of thiophene rings is 1. The standard InChI is InChI=1S/C7H6Br2O2S/c1-11-6(10)3-4-2-5(8)12-7(4)9/h2H,3H2,1H3. The second-order valence-corrected chi connectivity index (χ2v) is 5.85. The number of hydrogen-bond donors (Lipinski definition) is 0. The molecule has 0 bridgehead atoms. The molecule has 0 fully saturated rings. The Kier molecular flexibility index (Phi) is 3.74. The smallest absolute Gasteiger partial charge is 0.310 e.